The van der Waals surface area contributed by atoms with Crippen LogP contribution in [0.5, 0.6) is 0 Å². The summed E-state index contributed by atoms with van der Waals surface area (Å²) >= 11 is 1.12. The quantitative estimate of drug-likeness (QED) is 0.476. The molecule has 0 amide bonds. The van der Waals surface area contributed by atoms with Crippen LogP contribution in [0.25, 0.3) is 11.0 Å². The second kappa shape index (κ2) is 7.91. The van der Waals surface area contributed by atoms with Crippen LogP contribution < -0.4 is 5.43 Å². The van der Waals surface area contributed by atoms with Gasteiger partial charge in [-0.25, -0.2) is 8.78 Å². The molecule has 142 valence electrons. The van der Waals surface area contributed by atoms with E-state index in [1.54, 1.807) is 24.7 Å². The minimum absolute atomic E-state index is 0.0875. The van der Waals surface area contributed by atoms with E-state index in [0.717, 1.165) is 17.8 Å². The van der Waals surface area contributed by atoms with Gasteiger partial charge in [0.1, 0.15) is 6.54 Å². The van der Waals surface area contributed by atoms with E-state index in [4.69, 9.17) is 4.74 Å². The van der Waals surface area contributed by atoms with Crippen molar-refractivity contribution in [3.63, 3.8) is 0 Å². The number of carbonyl (C=O) groups excluding carboxylic acids is 1. The first-order chi connectivity index (χ1) is 12.9. The molecule has 0 aliphatic rings. The second-order valence-corrected chi connectivity index (χ2v) is 6.78. The number of fused-ring (bicyclic) bond motifs is 1. The normalized spacial score (nSPS) is 11.1. The third kappa shape index (κ3) is 4.02. The molecule has 0 spiro atoms. The van der Waals surface area contributed by atoms with Crippen LogP contribution in [0.2, 0.25) is 0 Å². The van der Waals surface area contributed by atoms with Gasteiger partial charge in [0.25, 0.3) is 0 Å². The summed E-state index contributed by atoms with van der Waals surface area (Å²) in [7, 11) is 1.67. The van der Waals surface area contributed by atoms with Crippen molar-refractivity contribution in [1.82, 2.24) is 14.3 Å². The van der Waals surface area contributed by atoms with Crippen LogP contribution in [0, 0.1) is 11.6 Å². The highest BCUT2D eigenvalue weighted by Crippen LogP contribution is 2.26. The van der Waals surface area contributed by atoms with Gasteiger partial charge in [0, 0.05) is 30.6 Å². The average Bonchev–Trinajstić information content (AvgIpc) is 3.01. The maximum absolute atomic E-state index is 13.9. The van der Waals surface area contributed by atoms with Gasteiger partial charge in [-0.2, -0.15) is 5.10 Å². The first-order valence-electron chi connectivity index (χ1n) is 8.19. The number of hydrogen-bond acceptors (Lipinski definition) is 5. The average molecular weight is 393 g/mol. The monoisotopic (exact) mass is 393 g/mol. The third-order valence-corrected chi connectivity index (χ3v) is 4.94. The molecule has 0 aliphatic carbocycles. The van der Waals surface area contributed by atoms with Crippen LogP contribution in [0.4, 0.5) is 8.78 Å². The topological polar surface area (TPSA) is 66.1 Å². The third-order valence-electron chi connectivity index (χ3n) is 3.85. The zero-order valence-corrected chi connectivity index (χ0v) is 15.6. The van der Waals surface area contributed by atoms with E-state index < -0.39 is 17.6 Å². The molecule has 0 bridgehead atoms. The number of pyridine rings is 1. The first kappa shape index (κ1) is 19.1. The molecule has 6 nitrogen and oxygen atoms in total. The van der Waals surface area contributed by atoms with Crippen LogP contribution in [0.1, 0.15) is 12.5 Å². The summed E-state index contributed by atoms with van der Waals surface area (Å²) in [5, 5.41) is 5.04. The van der Waals surface area contributed by atoms with Crippen molar-refractivity contribution in [2.75, 3.05) is 6.61 Å². The van der Waals surface area contributed by atoms with Gasteiger partial charge in [-0.05, 0) is 13.0 Å². The lowest BCUT2D eigenvalue weighted by atomic mass is 10.2. The highest BCUT2D eigenvalue weighted by atomic mass is 32.2. The van der Waals surface area contributed by atoms with Gasteiger partial charge in [0.15, 0.2) is 22.7 Å². The molecule has 0 saturated heterocycles. The Hall–Kier alpha value is -2.68. The molecule has 9 heteroatoms. The molecule has 2 aromatic heterocycles. The van der Waals surface area contributed by atoms with E-state index in [1.165, 1.54) is 22.9 Å². The smallest absolute Gasteiger partial charge is 0.326 e. The molecule has 0 radical (unpaired) electrons. The summed E-state index contributed by atoms with van der Waals surface area (Å²) in [5.41, 5.74) is 0.233. The molecule has 0 unspecified atom stereocenters. The number of aryl methyl sites for hydroxylation is 1. The number of aromatic nitrogens is 3. The van der Waals surface area contributed by atoms with Crippen molar-refractivity contribution in [2.24, 2.45) is 7.05 Å². The molecule has 0 saturated carbocycles. The zero-order valence-electron chi connectivity index (χ0n) is 14.7. The summed E-state index contributed by atoms with van der Waals surface area (Å²) in [4.78, 5) is 24.4. The van der Waals surface area contributed by atoms with Gasteiger partial charge in [-0.3, -0.25) is 14.3 Å². The molecule has 0 aliphatic heterocycles. The number of rotatable bonds is 6. The molecule has 0 fully saturated rings. The van der Waals surface area contributed by atoms with Crippen LogP contribution in [-0.2, 0) is 28.9 Å². The Bertz CT molecular complexity index is 1060. The molecule has 3 rings (SSSR count). The Morgan fingerprint density at radius 1 is 1.33 bits per heavy atom. The first-order valence-corrected chi connectivity index (χ1v) is 9.17. The molecule has 3 aromatic rings. The summed E-state index contributed by atoms with van der Waals surface area (Å²) in [6, 6.07) is 5.30. The number of carbonyl (C=O) groups is 1. The minimum Gasteiger partial charge on any atom is -0.465 e. The second-order valence-electron chi connectivity index (χ2n) is 5.78. The number of nitrogens with zero attached hydrogens (tertiary/aromatic N) is 3. The van der Waals surface area contributed by atoms with Crippen molar-refractivity contribution in [1.29, 1.82) is 0 Å². The number of thioether (sulfide) groups is 1. The lowest BCUT2D eigenvalue weighted by Crippen LogP contribution is -2.18. The number of ether oxygens (including phenoxy) is 1. The Morgan fingerprint density at radius 3 is 2.85 bits per heavy atom. The predicted molar refractivity (Wildman–Crippen MR) is 97.5 cm³/mol. The molecule has 2 heterocycles. The fourth-order valence-electron chi connectivity index (χ4n) is 2.64. The fraction of sp³-hybridized carbons (Fsp3) is 0.278. The fourth-order valence-corrected chi connectivity index (χ4v) is 3.67. The van der Waals surface area contributed by atoms with E-state index in [9.17, 15) is 18.4 Å². The summed E-state index contributed by atoms with van der Waals surface area (Å²) in [6.07, 6.45) is 1.57. The Labute approximate surface area is 157 Å². The lowest BCUT2D eigenvalue weighted by molar-refractivity contribution is -0.143. The molecular weight excluding hydrogens is 376 g/mol. The van der Waals surface area contributed by atoms with Gasteiger partial charge >= 0.3 is 5.97 Å². The SMILES string of the molecule is CCOC(=O)Cn1c(SCc2cccc(F)c2F)cc(=O)c2cn(C)nc21. The Kier molecular flexibility index (Phi) is 5.59. The largest absolute Gasteiger partial charge is 0.465 e. The van der Waals surface area contributed by atoms with E-state index in [2.05, 4.69) is 5.10 Å². The lowest BCUT2D eigenvalue weighted by Gasteiger charge is -2.13. The van der Waals surface area contributed by atoms with Gasteiger partial charge in [0.2, 0.25) is 0 Å². The molecular formula is C18H17F2N3O3S. The van der Waals surface area contributed by atoms with Crippen LogP contribution in [0.15, 0.2) is 40.3 Å². The zero-order chi connectivity index (χ0) is 19.6. The summed E-state index contributed by atoms with van der Waals surface area (Å²) < 4.78 is 35.3. The van der Waals surface area contributed by atoms with Crippen LogP contribution in [-0.4, -0.2) is 26.9 Å². The number of benzene rings is 1. The molecule has 1 aromatic carbocycles. The van der Waals surface area contributed by atoms with E-state index >= 15 is 0 Å². The van der Waals surface area contributed by atoms with E-state index in [-0.39, 0.29) is 29.9 Å². The van der Waals surface area contributed by atoms with Crippen molar-refractivity contribution < 1.29 is 18.3 Å². The van der Waals surface area contributed by atoms with Gasteiger partial charge in [-0.1, -0.05) is 12.1 Å². The number of esters is 1. The predicted octanol–water partition coefficient (Wildman–Crippen LogP) is 2.87. The highest BCUT2D eigenvalue weighted by molar-refractivity contribution is 7.98. The van der Waals surface area contributed by atoms with Gasteiger partial charge in [-0.15, -0.1) is 11.8 Å². The molecule has 0 N–H and O–H groups in total. The van der Waals surface area contributed by atoms with Crippen LogP contribution in [0.3, 0.4) is 0 Å². The van der Waals surface area contributed by atoms with Crippen molar-refractivity contribution >= 4 is 28.8 Å². The summed E-state index contributed by atoms with van der Waals surface area (Å²) in [6.45, 7) is 1.78. The van der Waals surface area contributed by atoms with Crippen molar-refractivity contribution in [3.8, 4) is 0 Å². The van der Waals surface area contributed by atoms with Gasteiger partial charge in [0.05, 0.1) is 17.0 Å². The maximum atomic E-state index is 13.9. The highest BCUT2D eigenvalue weighted by Gasteiger charge is 2.17. The van der Waals surface area contributed by atoms with Crippen molar-refractivity contribution in [3.05, 3.63) is 57.9 Å². The summed E-state index contributed by atoms with van der Waals surface area (Å²) in [5.74, 6) is -2.25. The molecule has 0 atom stereocenters. The molecule has 27 heavy (non-hydrogen) atoms. The number of hydrogen-bond donors (Lipinski definition) is 0. The van der Waals surface area contributed by atoms with Crippen molar-refractivity contribution in [2.45, 2.75) is 24.2 Å². The van der Waals surface area contributed by atoms with E-state index in [1.807, 2.05) is 0 Å². The Balaban J connectivity index is 2.01. The standard InChI is InChI=1S/C18H17F2N3O3S/c1-3-26-16(25)9-23-15(7-14(24)12-8-22(2)21-18(12)23)27-10-11-5-4-6-13(19)17(11)20/h4-8H,3,9-10H2,1-2H3. The minimum atomic E-state index is -0.933. The Morgan fingerprint density at radius 2 is 2.11 bits per heavy atom. The number of halogens is 2. The van der Waals surface area contributed by atoms with Gasteiger partial charge < -0.3 is 9.30 Å². The maximum Gasteiger partial charge on any atom is 0.326 e. The van der Waals surface area contributed by atoms with Crippen LogP contribution >= 0.6 is 11.8 Å². The van der Waals surface area contributed by atoms with E-state index in [0.29, 0.717) is 16.1 Å².